The van der Waals surface area contributed by atoms with E-state index in [2.05, 4.69) is 9.97 Å². The zero-order valence-electron chi connectivity index (χ0n) is 19.1. The molecular weight excluding hydrogens is 462 g/mol. The van der Waals surface area contributed by atoms with Gasteiger partial charge in [-0.25, -0.2) is 9.97 Å². The molecule has 34 heavy (non-hydrogen) atoms. The standard InChI is InChI=1S/C23H27N5O5.ClH/c1-32-18(29)11-23(12-19(30)33-2)7-9-28(10-8-23)22(31)17-13-26-21(27-14-17)16-5-3-15(4-6-16)20(24)25;/h3-6,13-14H,7-12H2,1-2H3,(H3,24,25);1H. The van der Waals surface area contributed by atoms with Crippen molar-refractivity contribution in [2.45, 2.75) is 25.7 Å². The average molecular weight is 490 g/mol. The van der Waals surface area contributed by atoms with E-state index >= 15 is 0 Å². The van der Waals surface area contributed by atoms with Crippen LogP contribution in [0.25, 0.3) is 11.4 Å². The third-order valence-electron chi connectivity index (χ3n) is 5.96. The minimum Gasteiger partial charge on any atom is -0.469 e. The molecule has 0 aliphatic carbocycles. The van der Waals surface area contributed by atoms with Crippen molar-refractivity contribution in [1.82, 2.24) is 14.9 Å². The number of nitrogens with one attached hydrogen (secondary N) is 1. The van der Waals surface area contributed by atoms with E-state index in [0.717, 1.165) is 5.56 Å². The number of rotatable bonds is 7. The zero-order valence-corrected chi connectivity index (χ0v) is 19.9. The van der Waals surface area contributed by atoms with Crippen molar-refractivity contribution in [3.8, 4) is 11.4 Å². The highest BCUT2D eigenvalue weighted by atomic mass is 35.5. The molecule has 1 fully saturated rings. The first-order valence-corrected chi connectivity index (χ1v) is 10.5. The number of ether oxygens (including phenoxy) is 2. The normalized spacial score (nSPS) is 14.5. The molecule has 3 rings (SSSR count). The molecule has 11 heteroatoms. The Hall–Kier alpha value is -3.53. The molecule has 1 amide bonds. The average Bonchev–Trinajstić information content (AvgIpc) is 2.84. The Bertz CT molecular complexity index is 1010. The maximum absolute atomic E-state index is 13.0. The van der Waals surface area contributed by atoms with Gasteiger partial charge in [-0.2, -0.15) is 0 Å². The third kappa shape index (κ3) is 6.28. The fraction of sp³-hybridized carbons (Fsp3) is 0.391. The molecule has 1 aliphatic rings. The van der Waals surface area contributed by atoms with E-state index in [1.54, 1.807) is 29.2 Å². The smallest absolute Gasteiger partial charge is 0.306 e. The highest BCUT2D eigenvalue weighted by Crippen LogP contribution is 2.39. The lowest BCUT2D eigenvalue weighted by atomic mass is 9.73. The number of likely N-dealkylation sites (tertiary alicyclic amines) is 1. The van der Waals surface area contributed by atoms with Gasteiger partial charge >= 0.3 is 11.9 Å². The van der Waals surface area contributed by atoms with Crippen LogP contribution in [0.4, 0.5) is 0 Å². The number of nitrogens with zero attached hydrogens (tertiary/aromatic N) is 3. The highest BCUT2D eigenvalue weighted by Gasteiger charge is 2.40. The fourth-order valence-corrected chi connectivity index (χ4v) is 3.93. The molecule has 1 aliphatic heterocycles. The number of hydrogen-bond acceptors (Lipinski definition) is 8. The SMILES string of the molecule is COC(=O)CC1(CC(=O)OC)CCN(C(=O)c2cnc(-c3ccc(C(=N)N)cc3)nc2)CC1.Cl. The molecule has 1 aromatic carbocycles. The lowest BCUT2D eigenvalue weighted by Gasteiger charge is -2.40. The zero-order chi connectivity index (χ0) is 24.0. The Balaban J connectivity index is 0.00000408. The third-order valence-corrected chi connectivity index (χ3v) is 5.96. The number of amides is 1. The van der Waals surface area contributed by atoms with Crippen LogP contribution in [0.2, 0.25) is 0 Å². The topological polar surface area (TPSA) is 149 Å². The van der Waals surface area contributed by atoms with Crippen molar-refractivity contribution in [1.29, 1.82) is 5.41 Å². The summed E-state index contributed by atoms with van der Waals surface area (Å²) in [4.78, 5) is 47.0. The molecule has 2 heterocycles. The molecule has 182 valence electrons. The number of nitrogen functional groups attached to an aromatic ring is 1. The van der Waals surface area contributed by atoms with Gasteiger partial charge in [0.1, 0.15) is 5.84 Å². The number of carbonyl (C=O) groups excluding carboxylic acids is 3. The second-order valence-corrected chi connectivity index (χ2v) is 8.08. The van der Waals surface area contributed by atoms with Crippen LogP contribution < -0.4 is 5.73 Å². The second kappa shape index (κ2) is 11.6. The Morgan fingerprint density at radius 1 is 0.971 bits per heavy atom. The van der Waals surface area contributed by atoms with Gasteiger partial charge in [-0.05, 0) is 18.3 Å². The van der Waals surface area contributed by atoms with E-state index in [4.69, 9.17) is 20.6 Å². The maximum atomic E-state index is 13.0. The summed E-state index contributed by atoms with van der Waals surface area (Å²) < 4.78 is 9.60. The quantitative estimate of drug-likeness (QED) is 0.341. The molecular formula is C23H28ClN5O5. The van der Waals surface area contributed by atoms with Gasteiger partial charge in [-0.1, -0.05) is 24.3 Å². The van der Waals surface area contributed by atoms with Crippen LogP contribution in [0, 0.1) is 10.8 Å². The number of carbonyl (C=O) groups is 3. The molecule has 10 nitrogen and oxygen atoms in total. The van der Waals surface area contributed by atoms with Gasteiger partial charge in [-0.3, -0.25) is 19.8 Å². The van der Waals surface area contributed by atoms with Crippen LogP contribution in [0.3, 0.4) is 0 Å². The maximum Gasteiger partial charge on any atom is 0.306 e. The Kier molecular flexibility index (Phi) is 9.08. The minimum atomic E-state index is -0.594. The van der Waals surface area contributed by atoms with Gasteiger partial charge in [0, 0.05) is 36.6 Å². The van der Waals surface area contributed by atoms with Crippen LogP contribution in [0.5, 0.6) is 0 Å². The van der Waals surface area contributed by atoms with E-state index < -0.39 is 5.41 Å². The lowest BCUT2D eigenvalue weighted by Crippen LogP contribution is -2.45. The molecule has 0 spiro atoms. The number of methoxy groups -OCH3 is 2. The molecule has 0 unspecified atom stereocenters. The first-order chi connectivity index (χ1) is 15.8. The first-order valence-electron chi connectivity index (χ1n) is 10.5. The van der Waals surface area contributed by atoms with Crippen molar-refractivity contribution < 1.29 is 23.9 Å². The van der Waals surface area contributed by atoms with Gasteiger partial charge in [-0.15, -0.1) is 12.4 Å². The van der Waals surface area contributed by atoms with Crippen molar-refractivity contribution in [3.05, 3.63) is 47.8 Å². The molecule has 0 bridgehead atoms. The molecule has 0 atom stereocenters. The Morgan fingerprint density at radius 2 is 1.47 bits per heavy atom. The predicted molar refractivity (Wildman–Crippen MR) is 127 cm³/mol. The summed E-state index contributed by atoms with van der Waals surface area (Å²) in [6, 6.07) is 6.95. The number of piperidine rings is 1. The number of benzene rings is 1. The number of aromatic nitrogens is 2. The van der Waals surface area contributed by atoms with Crippen molar-refractivity contribution in [2.75, 3.05) is 27.3 Å². The monoisotopic (exact) mass is 489 g/mol. The molecule has 1 saturated heterocycles. The predicted octanol–water partition coefficient (Wildman–Crippen LogP) is 2.20. The Labute approximate surface area is 203 Å². The summed E-state index contributed by atoms with van der Waals surface area (Å²) >= 11 is 0. The van der Waals surface area contributed by atoms with Gasteiger partial charge in [0.05, 0.1) is 32.6 Å². The van der Waals surface area contributed by atoms with Crippen LogP contribution in [0.15, 0.2) is 36.7 Å². The van der Waals surface area contributed by atoms with E-state index in [-0.39, 0.29) is 48.9 Å². The van der Waals surface area contributed by atoms with Gasteiger partial charge < -0.3 is 20.1 Å². The number of halogens is 1. The fourth-order valence-electron chi connectivity index (χ4n) is 3.93. The van der Waals surface area contributed by atoms with E-state index in [9.17, 15) is 14.4 Å². The minimum absolute atomic E-state index is 0. The summed E-state index contributed by atoms with van der Waals surface area (Å²) in [7, 11) is 2.63. The number of hydrogen-bond donors (Lipinski definition) is 2. The highest BCUT2D eigenvalue weighted by molar-refractivity contribution is 5.95. The van der Waals surface area contributed by atoms with Gasteiger partial charge in [0.15, 0.2) is 5.82 Å². The number of nitrogens with two attached hydrogens (primary N) is 1. The van der Waals surface area contributed by atoms with Crippen LogP contribution in [0.1, 0.15) is 41.6 Å². The van der Waals surface area contributed by atoms with Crippen LogP contribution in [-0.4, -0.2) is 65.9 Å². The summed E-state index contributed by atoms with van der Waals surface area (Å²) in [5.41, 5.74) is 6.58. The summed E-state index contributed by atoms with van der Waals surface area (Å²) in [6.45, 7) is 0.780. The molecule has 3 N–H and O–H groups in total. The van der Waals surface area contributed by atoms with Crippen molar-refractivity contribution in [2.24, 2.45) is 11.1 Å². The van der Waals surface area contributed by atoms with E-state index in [1.807, 2.05) is 0 Å². The van der Waals surface area contributed by atoms with Crippen molar-refractivity contribution in [3.63, 3.8) is 0 Å². The van der Waals surface area contributed by atoms with Crippen molar-refractivity contribution >= 4 is 36.1 Å². The second-order valence-electron chi connectivity index (χ2n) is 8.08. The Morgan fingerprint density at radius 3 is 1.91 bits per heavy atom. The molecule has 0 radical (unpaired) electrons. The lowest BCUT2D eigenvalue weighted by molar-refractivity contribution is -0.149. The molecule has 1 aromatic heterocycles. The van der Waals surface area contributed by atoms with Gasteiger partial charge in [0.2, 0.25) is 0 Å². The summed E-state index contributed by atoms with van der Waals surface area (Å²) in [6.07, 6.45) is 4.11. The largest absolute Gasteiger partial charge is 0.469 e. The molecule has 0 saturated carbocycles. The summed E-state index contributed by atoms with van der Waals surface area (Å²) in [5.74, 6) is -0.557. The van der Waals surface area contributed by atoms with E-state index in [1.165, 1.54) is 26.6 Å². The first kappa shape index (κ1) is 26.7. The van der Waals surface area contributed by atoms with E-state index in [0.29, 0.717) is 42.9 Å². The van der Waals surface area contributed by atoms with Crippen LogP contribution in [-0.2, 0) is 19.1 Å². The van der Waals surface area contributed by atoms with Gasteiger partial charge in [0.25, 0.3) is 5.91 Å². The number of amidine groups is 1. The number of esters is 2. The summed E-state index contributed by atoms with van der Waals surface area (Å²) in [5, 5.41) is 7.45. The van der Waals surface area contributed by atoms with Crippen LogP contribution >= 0.6 is 12.4 Å². The molecule has 2 aromatic rings.